The molecule has 108 valence electrons. The van der Waals surface area contributed by atoms with Crippen molar-refractivity contribution in [2.75, 3.05) is 0 Å². The summed E-state index contributed by atoms with van der Waals surface area (Å²) >= 11 is 1.81. The van der Waals surface area contributed by atoms with E-state index in [2.05, 4.69) is 48.8 Å². The minimum absolute atomic E-state index is 0.210. The van der Waals surface area contributed by atoms with E-state index in [-0.39, 0.29) is 6.10 Å². The molecule has 0 saturated heterocycles. The van der Waals surface area contributed by atoms with Crippen LogP contribution in [0.4, 0.5) is 0 Å². The summed E-state index contributed by atoms with van der Waals surface area (Å²) in [5.74, 6) is 0.943. The van der Waals surface area contributed by atoms with Crippen LogP contribution < -0.4 is 10.1 Å². The molecule has 1 unspecified atom stereocenters. The molecule has 0 bridgehead atoms. The van der Waals surface area contributed by atoms with Gasteiger partial charge in [-0.25, -0.2) is 0 Å². The predicted molar refractivity (Wildman–Crippen MR) is 86.5 cm³/mol. The topological polar surface area (TPSA) is 21.3 Å². The number of ether oxygens (including phenoxy) is 1. The van der Waals surface area contributed by atoms with Crippen molar-refractivity contribution in [1.29, 1.82) is 0 Å². The molecule has 0 aliphatic rings. The number of rotatable bonds is 6. The van der Waals surface area contributed by atoms with Gasteiger partial charge in [-0.15, -0.1) is 11.3 Å². The van der Waals surface area contributed by atoms with Crippen LogP contribution in [0.5, 0.6) is 5.75 Å². The summed E-state index contributed by atoms with van der Waals surface area (Å²) in [4.78, 5) is 1.41. The molecule has 0 fully saturated rings. The lowest BCUT2D eigenvalue weighted by atomic mass is 10.1. The van der Waals surface area contributed by atoms with Crippen LogP contribution in [-0.4, -0.2) is 6.10 Å². The molecule has 1 atom stereocenters. The molecule has 2 rings (SSSR count). The average Bonchev–Trinajstić information content (AvgIpc) is 2.81. The number of thiophene rings is 1. The third-order valence-electron chi connectivity index (χ3n) is 3.27. The molecule has 0 spiro atoms. The smallest absolute Gasteiger partial charge is 0.120 e. The minimum Gasteiger partial charge on any atom is -0.491 e. The van der Waals surface area contributed by atoms with Gasteiger partial charge in [0.2, 0.25) is 0 Å². The maximum absolute atomic E-state index is 5.75. The van der Waals surface area contributed by atoms with E-state index in [0.29, 0.717) is 6.04 Å². The Morgan fingerprint density at radius 2 is 2.00 bits per heavy atom. The quantitative estimate of drug-likeness (QED) is 0.832. The Morgan fingerprint density at radius 1 is 1.20 bits per heavy atom. The van der Waals surface area contributed by atoms with Crippen molar-refractivity contribution >= 4 is 11.3 Å². The van der Waals surface area contributed by atoms with Crippen molar-refractivity contribution in [1.82, 2.24) is 5.32 Å². The van der Waals surface area contributed by atoms with Gasteiger partial charge >= 0.3 is 0 Å². The molecule has 20 heavy (non-hydrogen) atoms. The van der Waals surface area contributed by atoms with E-state index in [1.165, 1.54) is 16.0 Å². The molecule has 0 radical (unpaired) electrons. The Balaban J connectivity index is 1.98. The van der Waals surface area contributed by atoms with Gasteiger partial charge in [0.05, 0.1) is 6.10 Å². The Hall–Kier alpha value is -1.32. The number of hydrogen-bond acceptors (Lipinski definition) is 3. The van der Waals surface area contributed by atoms with Gasteiger partial charge in [0.25, 0.3) is 0 Å². The van der Waals surface area contributed by atoms with Crippen molar-refractivity contribution in [2.24, 2.45) is 0 Å². The Morgan fingerprint density at radius 3 is 2.65 bits per heavy atom. The van der Waals surface area contributed by atoms with Crippen molar-refractivity contribution in [2.45, 2.75) is 46.4 Å². The highest BCUT2D eigenvalue weighted by molar-refractivity contribution is 7.10. The summed E-state index contributed by atoms with van der Waals surface area (Å²) in [5.41, 5.74) is 2.63. The highest BCUT2D eigenvalue weighted by Gasteiger charge is 2.08. The molecule has 0 aliphatic carbocycles. The second-order valence-corrected chi connectivity index (χ2v) is 6.37. The SMILES string of the molecule is Cc1ccsc1CNC(C)c1cccc(OC(C)C)c1. The molecule has 0 saturated carbocycles. The first-order valence-electron chi connectivity index (χ1n) is 7.09. The lowest BCUT2D eigenvalue weighted by molar-refractivity contribution is 0.242. The van der Waals surface area contributed by atoms with E-state index in [9.17, 15) is 0 Å². The first-order chi connectivity index (χ1) is 9.56. The summed E-state index contributed by atoms with van der Waals surface area (Å²) in [6.07, 6.45) is 0.210. The highest BCUT2D eigenvalue weighted by atomic mass is 32.1. The minimum atomic E-state index is 0.210. The van der Waals surface area contributed by atoms with Gasteiger partial charge in [-0.1, -0.05) is 12.1 Å². The molecular weight excluding hydrogens is 266 g/mol. The standard InChI is InChI=1S/C17H23NOS/c1-12(2)19-16-7-5-6-15(10-16)14(4)18-11-17-13(3)8-9-20-17/h5-10,12,14,18H,11H2,1-4H3. The van der Waals surface area contributed by atoms with Crippen LogP contribution in [0.1, 0.15) is 42.8 Å². The fourth-order valence-electron chi connectivity index (χ4n) is 2.08. The molecule has 2 aromatic rings. The van der Waals surface area contributed by atoms with Crippen molar-refractivity contribution in [3.63, 3.8) is 0 Å². The van der Waals surface area contributed by atoms with Crippen LogP contribution in [0, 0.1) is 6.92 Å². The highest BCUT2D eigenvalue weighted by Crippen LogP contribution is 2.21. The molecule has 1 aromatic carbocycles. The molecule has 3 heteroatoms. The van der Waals surface area contributed by atoms with Gasteiger partial charge in [0.1, 0.15) is 5.75 Å². The van der Waals surface area contributed by atoms with Crippen molar-refractivity contribution in [3.05, 3.63) is 51.7 Å². The van der Waals surface area contributed by atoms with Gasteiger partial charge in [-0.2, -0.15) is 0 Å². The molecule has 1 N–H and O–H groups in total. The van der Waals surface area contributed by atoms with Crippen LogP contribution in [0.25, 0.3) is 0 Å². The monoisotopic (exact) mass is 289 g/mol. The van der Waals surface area contributed by atoms with Gasteiger partial charge in [-0.05, 0) is 62.4 Å². The third-order valence-corrected chi connectivity index (χ3v) is 4.29. The zero-order valence-corrected chi connectivity index (χ0v) is 13.5. The van der Waals surface area contributed by atoms with E-state index < -0.39 is 0 Å². The van der Waals surface area contributed by atoms with E-state index >= 15 is 0 Å². The largest absolute Gasteiger partial charge is 0.491 e. The molecule has 0 amide bonds. The Bertz CT molecular complexity index is 547. The van der Waals surface area contributed by atoms with Crippen molar-refractivity contribution < 1.29 is 4.74 Å². The van der Waals surface area contributed by atoms with Crippen LogP contribution in [0.2, 0.25) is 0 Å². The van der Waals surface area contributed by atoms with Gasteiger partial charge in [-0.3, -0.25) is 0 Å². The molecule has 1 aromatic heterocycles. The summed E-state index contributed by atoms with van der Waals surface area (Å²) in [5, 5.41) is 5.72. The second-order valence-electron chi connectivity index (χ2n) is 5.37. The zero-order chi connectivity index (χ0) is 14.5. The van der Waals surface area contributed by atoms with Crippen molar-refractivity contribution in [3.8, 4) is 5.75 Å². The van der Waals surface area contributed by atoms with E-state index in [1.54, 1.807) is 0 Å². The number of nitrogens with one attached hydrogen (secondary N) is 1. The van der Waals surface area contributed by atoms with Crippen LogP contribution in [0.3, 0.4) is 0 Å². The van der Waals surface area contributed by atoms with Crippen LogP contribution in [-0.2, 0) is 6.54 Å². The maximum atomic E-state index is 5.75. The summed E-state index contributed by atoms with van der Waals surface area (Å²) in [6.45, 7) is 9.37. The van der Waals surface area contributed by atoms with Gasteiger partial charge in [0.15, 0.2) is 0 Å². The predicted octanol–water partition coefficient (Wildman–Crippen LogP) is 4.69. The van der Waals surface area contributed by atoms with Gasteiger partial charge < -0.3 is 10.1 Å². The number of benzene rings is 1. The molecule has 1 heterocycles. The lowest BCUT2D eigenvalue weighted by Crippen LogP contribution is -2.18. The first kappa shape index (κ1) is 15.1. The fourth-order valence-corrected chi connectivity index (χ4v) is 2.94. The lowest BCUT2D eigenvalue weighted by Gasteiger charge is -2.16. The second kappa shape index (κ2) is 6.91. The normalized spacial score (nSPS) is 12.7. The molecule has 2 nitrogen and oxygen atoms in total. The van der Waals surface area contributed by atoms with E-state index in [0.717, 1.165) is 12.3 Å². The van der Waals surface area contributed by atoms with E-state index in [1.807, 2.05) is 31.3 Å². The van der Waals surface area contributed by atoms with Gasteiger partial charge in [0, 0.05) is 17.5 Å². The number of aryl methyl sites for hydroxylation is 1. The third kappa shape index (κ3) is 4.09. The summed E-state index contributed by atoms with van der Waals surface area (Å²) < 4.78 is 5.75. The summed E-state index contributed by atoms with van der Waals surface area (Å²) in [6, 6.07) is 10.8. The number of hydrogen-bond donors (Lipinski definition) is 1. The zero-order valence-electron chi connectivity index (χ0n) is 12.6. The fraction of sp³-hybridized carbons (Fsp3) is 0.412. The molecular formula is C17H23NOS. The maximum Gasteiger partial charge on any atom is 0.120 e. The van der Waals surface area contributed by atoms with Crippen LogP contribution in [0.15, 0.2) is 35.7 Å². The Kier molecular flexibility index (Phi) is 5.21. The van der Waals surface area contributed by atoms with E-state index in [4.69, 9.17) is 4.74 Å². The first-order valence-corrected chi connectivity index (χ1v) is 7.97. The van der Waals surface area contributed by atoms with Crippen LogP contribution >= 0.6 is 11.3 Å². The molecule has 0 aliphatic heterocycles. The Labute approximate surface area is 125 Å². The average molecular weight is 289 g/mol. The summed E-state index contributed by atoms with van der Waals surface area (Å²) in [7, 11) is 0.